The first kappa shape index (κ1) is 25.8. The molecule has 3 aromatic rings. The van der Waals surface area contributed by atoms with Gasteiger partial charge in [-0.3, -0.25) is 4.79 Å². The molecule has 1 aromatic carbocycles. The topological polar surface area (TPSA) is 116 Å². The van der Waals surface area contributed by atoms with Crippen LogP contribution in [-0.4, -0.2) is 85.7 Å². The molecule has 5 rings (SSSR count). The first-order valence-corrected chi connectivity index (χ1v) is 14.4. The molecular formula is C26H33N5O5S. The molecule has 11 heteroatoms. The van der Waals surface area contributed by atoms with Crippen molar-refractivity contribution in [2.75, 3.05) is 57.1 Å². The molecule has 37 heavy (non-hydrogen) atoms. The van der Waals surface area contributed by atoms with Crippen LogP contribution in [0.2, 0.25) is 0 Å². The van der Waals surface area contributed by atoms with E-state index in [4.69, 9.17) is 14.5 Å². The van der Waals surface area contributed by atoms with Gasteiger partial charge in [0.1, 0.15) is 11.2 Å². The molecule has 198 valence electrons. The van der Waals surface area contributed by atoms with Gasteiger partial charge >= 0.3 is 0 Å². The highest BCUT2D eigenvalue weighted by molar-refractivity contribution is 7.91. The van der Waals surface area contributed by atoms with Crippen molar-refractivity contribution in [2.45, 2.75) is 30.2 Å². The molecule has 1 N–H and O–H groups in total. The zero-order valence-corrected chi connectivity index (χ0v) is 21.9. The van der Waals surface area contributed by atoms with Crippen LogP contribution in [0.25, 0.3) is 22.2 Å². The molecule has 0 saturated carbocycles. The quantitative estimate of drug-likeness (QED) is 0.493. The Labute approximate surface area is 216 Å². The number of aryl methyl sites for hydroxylation is 1. The van der Waals surface area contributed by atoms with E-state index in [9.17, 15) is 13.2 Å². The summed E-state index contributed by atoms with van der Waals surface area (Å²) in [6.45, 7) is 4.76. The number of nitrogens with one attached hydrogen (secondary N) is 1. The summed E-state index contributed by atoms with van der Waals surface area (Å²) in [6.07, 6.45) is 4.33. The monoisotopic (exact) mass is 527 g/mol. The molecule has 1 unspecified atom stereocenters. The number of ether oxygens (including phenoxy) is 2. The summed E-state index contributed by atoms with van der Waals surface area (Å²) in [5.74, 6) is 0.524. The molecule has 1 atom stereocenters. The molecule has 0 aliphatic carbocycles. The predicted octanol–water partition coefficient (Wildman–Crippen LogP) is 2.08. The molecule has 4 heterocycles. The third kappa shape index (κ3) is 6.01. The van der Waals surface area contributed by atoms with Gasteiger partial charge in [0.2, 0.25) is 0 Å². The number of hydrogen-bond acceptors (Lipinski definition) is 9. The first-order chi connectivity index (χ1) is 17.9. The minimum atomic E-state index is -3.43. The lowest BCUT2D eigenvalue weighted by molar-refractivity contribution is 0.0830. The summed E-state index contributed by atoms with van der Waals surface area (Å²) >= 11 is 0. The fourth-order valence-electron chi connectivity index (χ4n) is 4.69. The van der Waals surface area contributed by atoms with Gasteiger partial charge in [0.25, 0.3) is 5.56 Å². The lowest BCUT2D eigenvalue weighted by atomic mass is 10.1. The van der Waals surface area contributed by atoms with E-state index in [0.29, 0.717) is 48.8 Å². The number of anilines is 1. The van der Waals surface area contributed by atoms with E-state index < -0.39 is 9.84 Å². The van der Waals surface area contributed by atoms with Crippen molar-refractivity contribution in [1.29, 1.82) is 0 Å². The summed E-state index contributed by atoms with van der Waals surface area (Å²) < 4.78 is 38.5. The molecule has 2 aliphatic heterocycles. The van der Waals surface area contributed by atoms with Gasteiger partial charge in [-0.2, -0.15) is 0 Å². The number of sulfone groups is 1. The standard InChI is InChI=1S/C26H33N5O5S/c1-30-18-27-23-16-22(29-25(24(23)26(30)32)28-20-8-13-36-17-20)19-4-6-21(7-5-19)37(33,34)15-11-31-9-2-3-12-35-14-10-31/h4-7,16,18,20H,2-3,8-15,17H2,1H3,(H,28,29). The van der Waals surface area contributed by atoms with Crippen LogP contribution in [0.5, 0.6) is 0 Å². The third-order valence-corrected chi connectivity index (χ3v) is 8.63. The van der Waals surface area contributed by atoms with Crippen LogP contribution in [0.3, 0.4) is 0 Å². The van der Waals surface area contributed by atoms with Crippen LogP contribution in [-0.2, 0) is 26.4 Å². The van der Waals surface area contributed by atoms with Crippen molar-refractivity contribution < 1.29 is 17.9 Å². The molecule has 0 radical (unpaired) electrons. The highest BCUT2D eigenvalue weighted by Crippen LogP contribution is 2.27. The van der Waals surface area contributed by atoms with E-state index >= 15 is 0 Å². The van der Waals surface area contributed by atoms with Gasteiger partial charge in [0.05, 0.1) is 47.4 Å². The van der Waals surface area contributed by atoms with E-state index in [2.05, 4.69) is 15.2 Å². The smallest absolute Gasteiger partial charge is 0.264 e. The number of fused-ring (bicyclic) bond motifs is 1. The maximum absolute atomic E-state index is 13.0. The van der Waals surface area contributed by atoms with Crippen molar-refractivity contribution in [2.24, 2.45) is 7.05 Å². The summed E-state index contributed by atoms with van der Waals surface area (Å²) in [5, 5.41) is 3.78. The average molecular weight is 528 g/mol. The Bertz CT molecular complexity index is 1390. The molecule has 0 bridgehead atoms. The fraction of sp³-hybridized carbons (Fsp3) is 0.500. The fourth-order valence-corrected chi connectivity index (χ4v) is 5.97. The zero-order chi connectivity index (χ0) is 25.8. The number of aromatic nitrogens is 3. The summed E-state index contributed by atoms with van der Waals surface area (Å²) in [7, 11) is -1.78. The Balaban J connectivity index is 1.38. The number of pyridine rings is 1. The Morgan fingerprint density at radius 3 is 2.70 bits per heavy atom. The minimum absolute atomic E-state index is 0.0588. The summed E-state index contributed by atoms with van der Waals surface area (Å²) in [6, 6.07) is 8.60. The molecule has 2 fully saturated rings. The minimum Gasteiger partial charge on any atom is -0.380 e. The van der Waals surface area contributed by atoms with Crippen LogP contribution >= 0.6 is 0 Å². The molecule has 2 aliphatic rings. The summed E-state index contributed by atoms with van der Waals surface area (Å²) in [4.78, 5) is 24.5. The Morgan fingerprint density at radius 1 is 1.08 bits per heavy atom. The second-order valence-corrected chi connectivity index (χ2v) is 11.7. The highest BCUT2D eigenvalue weighted by Gasteiger charge is 2.21. The van der Waals surface area contributed by atoms with Gasteiger partial charge in [-0.05, 0) is 44.0 Å². The van der Waals surface area contributed by atoms with Gasteiger partial charge in [-0.15, -0.1) is 0 Å². The molecular weight excluding hydrogens is 494 g/mol. The van der Waals surface area contributed by atoms with Crippen molar-refractivity contribution >= 4 is 26.6 Å². The van der Waals surface area contributed by atoms with Crippen LogP contribution in [0.15, 0.2) is 46.3 Å². The number of hydrogen-bond donors (Lipinski definition) is 1. The maximum Gasteiger partial charge on any atom is 0.264 e. The Hall–Kier alpha value is -2.86. The van der Waals surface area contributed by atoms with Crippen molar-refractivity contribution in [3.63, 3.8) is 0 Å². The largest absolute Gasteiger partial charge is 0.380 e. The van der Waals surface area contributed by atoms with Gasteiger partial charge in [0.15, 0.2) is 9.84 Å². The molecule has 10 nitrogen and oxygen atoms in total. The second kappa shape index (κ2) is 11.3. The highest BCUT2D eigenvalue weighted by atomic mass is 32.2. The normalized spacial score (nSPS) is 19.5. The molecule has 0 spiro atoms. The SMILES string of the molecule is Cn1cnc2cc(-c3ccc(S(=O)(=O)CCN4CCCCOCC4)cc3)nc(NC3CCOC3)c2c1=O. The molecule has 2 aromatic heterocycles. The first-order valence-electron chi connectivity index (χ1n) is 12.7. The summed E-state index contributed by atoms with van der Waals surface area (Å²) in [5.41, 5.74) is 1.70. The Morgan fingerprint density at radius 2 is 1.92 bits per heavy atom. The maximum atomic E-state index is 13.0. The van der Waals surface area contributed by atoms with Gasteiger partial charge in [-0.25, -0.2) is 18.4 Å². The van der Waals surface area contributed by atoms with Crippen LogP contribution in [0.4, 0.5) is 5.82 Å². The number of benzene rings is 1. The zero-order valence-electron chi connectivity index (χ0n) is 21.1. The van der Waals surface area contributed by atoms with Crippen molar-refractivity contribution in [1.82, 2.24) is 19.4 Å². The van der Waals surface area contributed by atoms with Crippen molar-refractivity contribution in [3.05, 3.63) is 47.0 Å². The van der Waals surface area contributed by atoms with E-state index in [1.807, 2.05) is 0 Å². The van der Waals surface area contributed by atoms with E-state index in [-0.39, 0.29) is 22.2 Å². The second-order valence-electron chi connectivity index (χ2n) is 9.62. The lowest BCUT2D eigenvalue weighted by Gasteiger charge is -2.24. The lowest BCUT2D eigenvalue weighted by Crippen LogP contribution is -2.34. The van der Waals surface area contributed by atoms with Crippen LogP contribution < -0.4 is 10.9 Å². The van der Waals surface area contributed by atoms with Crippen LogP contribution in [0, 0.1) is 0 Å². The van der Waals surface area contributed by atoms with Crippen molar-refractivity contribution in [3.8, 4) is 11.3 Å². The average Bonchev–Trinajstić information content (AvgIpc) is 3.38. The Kier molecular flexibility index (Phi) is 7.84. The third-order valence-electron chi connectivity index (χ3n) is 6.92. The molecule has 0 amide bonds. The van der Waals surface area contributed by atoms with Gasteiger partial charge in [-0.1, -0.05) is 12.1 Å². The number of nitrogens with zero attached hydrogens (tertiary/aromatic N) is 4. The van der Waals surface area contributed by atoms with E-state index in [1.165, 1.54) is 10.9 Å². The molecule has 2 saturated heterocycles. The van der Waals surface area contributed by atoms with Crippen LogP contribution in [0.1, 0.15) is 19.3 Å². The number of rotatable bonds is 7. The van der Waals surface area contributed by atoms with E-state index in [1.54, 1.807) is 37.4 Å². The van der Waals surface area contributed by atoms with Gasteiger partial charge in [0, 0.05) is 38.9 Å². The van der Waals surface area contributed by atoms with E-state index in [0.717, 1.165) is 44.5 Å². The van der Waals surface area contributed by atoms with Gasteiger partial charge < -0.3 is 24.3 Å². The predicted molar refractivity (Wildman–Crippen MR) is 142 cm³/mol.